The number of aromatic nitrogens is 1. The van der Waals surface area contributed by atoms with Crippen molar-refractivity contribution in [3.05, 3.63) is 48.0 Å². The Bertz CT molecular complexity index is 776. The van der Waals surface area contributed by atoms with E-state index in [1.54, 1.807) is 0 Å². The van der Waals surface area contributed by atoms with Crippen molar-refractivity contribution in [2.24, 2.45) is 5.73 Å². The molecule has 4 N–H and O–H groups in total. The summed E-state index contributed by atoms with van der Waals surface area (Å²) < 4.78 is 0. The Morgan fingerprint density at radius 2 is 1.90 bits per heavy atom. The molecule has 1 unspecified atom stereocenters. The van der Waals surface area contributed by atoms with Crippen molar-refractivity contribution >= 4 is 27.8 Å². The minimum atomic E-state index is -0.811. The van der Waals surface area contributed by atoms with E-state index in [4.69, 9.17) is 10.8 Å². The number of benzene rings is 2. The molecule has 2 aromatic carbocycles. The van der Waals surface area contributed by atoms with Gasteiger partial charge in [-0.25, -0.2) is 0 Å². The second-order valence-corrected chi connectivity index (χ2v) is 5.01. The minimum absolute atomic E-state index is 0.0904. The predicted molar refractivity (Wildman–Crippen MR) is 79.6 cm³/mol. The average molecular weight is 268 g/mol. The standard InChI is InChI=1S/C16H16N2O2/c17-13(6-8-16(19)20)10-5-7-15-12(9-10)11-3-1-2-4-14(11)18-15/h1-5,7,9,13,18H,6,8,17H2,(H,19,20). The lowest BCUT2D eigenvalue weighted by atomic mass is 10.0. The van der Waals surface area contributed by atoms with Crippen LogP contribution in [0.15, 0.2) is 42.5 Å². The molecule has 1 heterocycles. The van der Waals surface area contributed by atoms with Crippen molar-refractivity contribution in [1.82, 2.24) is 4.98 Å². The largest absolute Gasteiger partial charge is 0.481 e. The first-order valence-corrected chi connectivity index (χ1v) is 6.63. The fourth-order valence-corrected chi connectivity index (χ4v) is 2.54. The van der Waals surface area contributed by atoms with Crippen LogP contribution in [0.2, 0.25) is 0 Å². The third-order valence-electron chi connectivity index (χ3n) is 3.63. The monoisotopic (exact) mass is 268 g/mol. The van der Waals surface area contributed by atoms with Crippen LogP contribution in [0.5, 0.6) is 0 Å². The normalized spacial score (nSPS) is 12.8. The molecule has 4 nitrogen and oxygen atoms in total. The number of nitrogens with two attached hydrogens (primary N) is 1. The maximum atomic E-state index is 10.6. The minimum Gasteiger partial charge on any atom is -0.481 e. The molecule has 0 aliphatic rings. The van der Waals surface area contributed by atoms with Crippen molar-refractivity contribution in [3.63, 3.8) is 0 Å². The summed E-state index contributed by atoms with van der Waals surface area (Å²) in [4.78, 5) is 14.0. The Balaban J connectivity index is 2.01. The molecule has 1 aromatic heterocycles. The Morgan fingerprint density at radius 3 is 2.70 bits per heavy atom. The zero-order valence-corrected chi connectivity index (χ0v) is 11.0. The van der Waals surface area contributed by atoms with Gasteiger partial charge in [-0.3, -0.25) is 4.79 Å². The predicted octanol–water partition coefficient (Wildman–Crippen LogP) is 3.19. The van der Waals surface area contributed by atoms with Gasteiger partial charge in [0.05, 0.1) is 0 Å². The number of fused-ring (bicyclic) bond motifs is 3. The molecule has 0 spiro atoms. The van der Waals surface area contributed by atoms with E-state index < -0.39 is 5.97 Å². The molecule has 4 heteroatoms. The fraction of sp³-hybridized carbons (Fsp3) is 0.188. The number of carboxylic acid groups (broad SMARTS) is 1. The number of para-hydroxylation sites is 1. The van der Waals surface area contributed by atoms with Gasteiger partial charge in [0.2, 0.25) is 0 Å². The van der Waals surface area contributed by atoms with Gasteiger partial charge in [0.25, 0.3) is 0 Å². The van der Waals surface area contributed by atoms with Gasteiger partial charge in [-0.15, -0.1) is 0 Å². The molecule has 0 radical (unpaired) electrons. The van der Waals surface area contributed by atoms with Crippen LogP contribution in [0.1, 0.15) is 24.4 Å². The molecule has 102 valence electrons. The smallest absolute Gasteiger partial charge is 0.303 e. The van der Waals surface area contributed by atoms with Crippen molar-refractivity contribution < 1.29 is 9.90 Å². The molecule has 3 aromatic rings. The Labute approximate surface area is 116 Å². The van der Waals surface area contributed by atoms with Gasteiger partial charge in [0, 0.05) is 34.3 Å². The lowest BCUT2D eigenvalue weighted by Gasteiger charge is -2.10. The maximum absolute atomic E-state index is 10.6. The van der Waals surface area contributed by atoms with Crippen LogP contribution in [0, 0.1) is 0 Å². The third kappa shape index (κ3) is 2.26. The van der Waals surface area contributed by atoms with Crippen LogP contribution >= 0.6 is 0 Å². The van der Waals surface area contributed by atoms with Gasteiger partial charge < -0.3 is 15.8 Å². The van der Waals surface area contributed by atoms with Gasteiger partial charge in [-0.2, -0.15) is 0 Å². The van der Waals surface area contributed by atoms with Crippen LogP contribution in [0.25, 0.3) is 21.8 Å². The highest BCUT2D eigenvalue weighted by Gasteiger charge is 2.11. The lowest BCUT2D eigenvalue weighted by molar-refractivity contribution is -0.137. The summed E-state index contributed by atoms with van der Waals surface area (Å²) in [7, 11) is 0. The van der Waals surface area contributed by atoms with Gasteiger partial charge in [0.1, 0.15) is 0 Å². The zero-order valence-electron chi connectivity index (χ0n) is 11.0. The highest BCUT2D eigenvalue weighted by Crippen LogP contribution is 2.28. The summed E-state index contributed by atoms with van der Waals surface area (Å²) >= 11 is 0. The van der Waals surface area contributed by atoms with Gasteiger partial charge >= 0.3 is 5.97 Å². The summed E-state index contributed by atoms with van der Waals surface area (Å²) in [6.07, 6.45) is 0.538. The second-order valence-electron chi connectivity index (χ2n) is 5.01. The Hall–Kier alpha value is -2.33. The van der Waals surface area contributed by atoms with E-state index in [1.807, 2.05) is 30.3 Å². The van der Waals surface area contributed by atoms with Crippen LogP contribution in [-0.4, -0.2) is 16.1 Å². The number of H-pyrrole nitrogens is 1. The molecular formula is C16H16N2O2. The zero-order chi connectivity index (χ0) is 14.1. The SMILES string of the molecule is NC(CCC(=O)O)c1ccc2[nH]c3ccccc3c2c1. The number of aromatic amines is 1. The number of hydrogen-bond acceptors (Lipinski definition) is 2. The molecule has 0 aliphatic carbocycles. The number of nitrogens with one attached hydrogen (secondary N) is 1. The van der Waals surface area contributed by atoms with E-state index in [0.29, 0.717) is 6.42 Å². The quantitative estimate of drug-likeness (QED) is 0.680. The van der Waals surface area contributed by atoms with Crippen molar-refractivity contribution in [2.75, 3.05) is 0 Å². The van der Waals surface area contributed by atoms with E-state index in [-0.39, 0.29) is 12.5 Å². The maximum Gasteiger partial charge on any atom is 0.303 e. The summed E-state index contributed by atoms with van der Waals surface area (Å²) in [6, 6.07) is 13.9. The lowest BCUT2D eigenvalue weighted by Crippen LogP contribution is -2.12. The van der Waals surface area contributed by atoms with E-state index in [1.165, 1.54) is 0 Å². The van der Waals surface area contributed by atoms with E-state index in [0.717, 1.165) is 27.4 Å². The molecule has 20 heavy (non-hydrogen) atoms. The summed E-state index contributed by atoms with van der Waals surface area (Å²) in [5.41, 5.74) is 9.21. The number of carboxylic acids is 1. The van der Waals surface area contributed by atoms with Crippen LogP contribution in [-0.2, 0) is 4.79 Å². The summed E-state index contributed by atoms with van der Waals surface area (Å²) in [6.45, 7) is 0. The number of carbonyl (C=O) groups is 1. The van der Waals surface area contributed by atoms with Gasteiger partial charge in [0.15, 0.2) is 0 Å². The summed E-state index contributed by atoms with van der Waals surface area (Å²) in [5.74, 6) is -0.811. The first kappa shape index (κ1) is 12.7. The first-order valence-electron chi connectivity index (χ1n) is 6.63. The fourth-order valence-electron chi connectivity index (χ4n) is 2.54. The molecular weight excluding hydrogens is 252 g/mol. The Kier molecular flexibility index (Phi) is 3.16. The third-order valence-corrected chi connectivity index (χ3v) is 3.63. The van der Waals surface area contributed by atoms with E-state index >= 15 is 0 Å². The number of rotatable bonds is 4. The second kappa shape index (κ2) is 4.98. The average Bonchev–Trinajstić information content (AvgIpc) is 2.82. The topological polar surface area (TPSA) is 79.1 Å². The van der Waals surface area contributed by atoms with Gasteiger partial charge in [-0.05, 0) is 30.2 Å². The van der Waals surface area contributed by atoms with Crippen molar-refractivity contribution in [1.29, 1.82) is 0 Å². The molecule has 0 aliphatic heterocycles. The highest BCUT2D eigenvalue weighted by atomic mass is 16.4. The van der Waals surface area contributed by atoms with Crippen molar-refractivity contribution in [3.8, 4) is 0 Å². The molecule has 0 saturated carbocycles. The first-order chi connectivity index (χ1) is 9.65. The van der Waals surface area contributed by atoms with Crippen LogP contribution in [0.4, 0.5) is 0 Å². The molecule has 1 atom stereocenters. The molecule has 0 saturated heterocycles. The Morgan fingerprint density at radius 1 is 1.15 bits per heavy atom. The highest BCUT2D eigenvalue weighted by molar-refractivity contribution is 6.07. The van der Waals surface area contributed by atoms with Crippen LogP contribution < -0.4 is 5.73 Å². The molecule has 0 fully saturated rings. The molecule has 0 bridgehead atoms. The van der Waals surface area contributed by atoms with E-state index in [9.17, 15) is 4.79 Å². The molecule has 0 amide bonds. The van der Waals surface area contributed by atoms with Gasteiger partial charge in [-0.1, -0.05) is 24.3 Å². The number of aliphatic carboxylic acids is 1. The van der Waals surface area contributed by atoms with Crippen molar-refractivity contribution in [2.45, 2.75) is 18.9 Å². The molecule has 3 rings (SSSR count). The van der Waals surface area contributed by atoms with Crippen LogP contribution in [0.3, 0.4) is 0 Å². The summed E-state index contributed by atoms with van der Waals surface area (Å²) in [5, 5.41) is 11.0. The number of hydrogen-bond donors (Lipinski definition) is 3. The van der Waals surface area contributed by atoms with E-state index in [2.05, 4.69) is 17.1 Å².